The SMILES string of the molecule is C1=Cc2ccc3cccnc3c2C=NN=1. The predicted octanol–water partition coefficient (Wildman–Crippen LogP) is 2.27. The first kappa shape index (κ1) is 8.09. The van der Waals surface area contributed by atoms with Gasteiger partial charge in [0.05, 0.1) is 11.7 Å². The minimum atomic E-state index is 0.953. The Hall–Kier alpha value is -2.25. The van der Waals surface area contributed by atoms with Crippen LogP contribution in [-0.2, 0) is 0 Å². The average molecular weight is 193 g/mol. The number of aromatic nitrogens is 1. The van der Waals surface area contributed by atoms with Crippen LogP contribution in [0.15, 0.2) is 40.7 Å². The quantitative estimate of drug-likeness (QED) is 0.632. The third kappa shape index (κ3) is 1.26. The van der Waals surface area contributed by atoms with Crippen LogP contribution in [0.1, 0.15) is 11.1 Å². The van der Waals surface area contributed by atoms with Gasteiger partial charge >= 0.3 is 0 Å². The third-order valence-corrected chi connectivity index (χ3v) is 2.37. The number of rotatable bonds is 0. The zero-order valence-corrected chi connectivity index (χ0v) is 7.88. The van der Waals surface area contributed by atoms with Crippen molar-refractivity contribution in [2.45, 2.75) is 0 Å². The molecule has 0 radical (unpaired) electrons. The molecule has 2 heterocycles. The van der Waals surface area contributed by atoms with Crippen LogP contribution in [0.3, 0.4) is 0 Å². The molecule has 0 fully saturated rings. The van der Waals surface area contributed by atoms with Gasteiger partial charge in [-0.15, -0.1) is 10.2 Å². The van der Waals surface area contributed by atoms with Crippen LogP contribution >= 0.6 is 0 Å². The Morgan fingerprint density at radius 1 is 1.13 bits per heavy atom. The summed E-state index contributed by atoms with van der Waals surface area (Å²) >= 11 is 0. The average Bonchev–Trinajstić information content (AvgIpc) is 2.54. The molecule has 0 spiro atoms. The molecule has 1 aliphatic rings. The van der Waals surface area contributed by atoms with Crippen LogP contribution in [0.2, 0.25) is 0 Å². The van der Waals surface area contributed by atoms with Gasteiger partial charge in [-0.3, -0.25) is 4.98 Å². The van der Waals surface area contributed by atoms with E-state index < -0.39 is 0 Å². The molecule has 1 aromatic heterocycles. The molecule has 0 saturated carbocycles. The summed E-state index contributed by atoms with van der Waals surface area (Å²) in [6.45, 7) is 0. The van der Waals surface area contributed by atoms with E-state index >= 15 is 0 Å². The Balaban J connectivity index is 2.45. The van der Waals surface area contributed by atoms with E-state index in [0.29, 0.717) is 0 Å². The van der Waals surface area contributed by atoms with Crippen LogP contribution in [0.25, 0.3) is 17.0 Å². The summed E-state index contributed by atoms with van der Waals surface area (Å²) < 4.78 is 0. The minimum Gasteiger partial charge on any atom is -0.256 e. The number of nitrogens with zero attached hydrogens (tertiary/aromatic N) is 3. The lowest BCUT2D eigenvalue weighted by Crippen LogP contribution is -1.91. The first-order valence-electron chi connectivity index (χ1n) is 4.65. The minimum absolute atomic E-state index is 0.953. The predicted molar refractivity (Wildman–Crippen MR) is 61.2 cm³/mol. The number of hydrogen-bond donors (Lipinski definition) is 0. The van der Waals surface area contributed by atoms with Gasteiger partial charge in [0, 0.05) is 29.1 Å². The van der Waals surface area contributed by atoms with Crippen LogP contribution in [-0.4, -0.2) is 17.1 Å². The van der Waals surface area contributed by atoms with Crippen molar-refractivity contribution in [1.29, 1.82) is 0 Å². The third-order valence-electron chi connectivity index (χ3n) is 2.37. The van der Waals surface area contributed by atoms with Gasteiger partial charge in [0.2, 0.25) is 0 Å². The second-order valence-electron chi connectivity index (χ2n) is 3.26. The van der Waals surface area contributed by atoms with Crippen molar-refractivity contribution in [2.75, 3.05) is 0 Å². The molecule has 3 rings (SSSR count). The molecule has 2 aromatic rings. The fourth-order valence-electron chi connectivity index (χ4n) is 1.66. The smallest absolute Gasteiger partial charge is 0.0796 e. The molecule has 0 saturated heterocycles. The molecule has 0 bridgehead atoms. The van der Waals surface area contributed by atoms with Gasteiger partial charge in [0.1, 0.15) is 0 Å². The normalized spacial score (nSPS) is 12.8. The molecule has 0 N–H and O–H groups in total. The maximum Gasteiger partial charge on any atom is 0.0796 e. The van der Waals surface area contributed by atoms with E-state index in [9.17, 15) is 0 Å². The molecule has 0 atom stereocenters. The van der Waals surface area contributed by atoms with Crippen LogP contribution < -0.4 is 0 Å². The summed E-state index contributed by atoms with van der Waals surface area (Å²) in [7, 11) is 0. The van der Waals surface area contributed by atoms with Crippen LogP contribution in [0.4, 0.5) is 0 Å². The summed E-state index contributed by atoms with van der Waals surface area (Å²) in [4.78, 5) is 4.36. The van der Waals surface area contributed by atoms with E-state index in [1.165, 1.54) is 0 Å². The maximum absolute atomic E-state index is 4.36. The first-order valence-corrected chi connectivity index (χ1v) is 4.65. The lowest BCUT2D eigenvalue weighted by molar-refractivity contribution is 1.28. The molecular formula is C12H7N3. The first-order chi connectivity index (χ1) is 7.45. The lowest BCUT2D eigenvalue weighted by Gasteiger charge is -2.03. The molecule has 1 aliphatic heterocycles. The molecule has 0 unspecified atom stereocenters. The molecule has 1 aromatic carbocycles. The Bertz CT molecular complexity index is 620. The van der Waals surface area contributed by atoms with Crippen molar-refractivity contribution in [3.63, 3.8) is 0 Å². The number of hydrogen-bond acceptors (Lipinski definition) is 3. The van der Waals surface area contributed by atoms with Gasteiger partial charge in [-0.05, 0) is 11.6 Å². The molecule has 0 amide bonds. The van der Waals surface area contributed by atoms with Gasteiger partial charge in [0.15, 0.2) is 0 Å². The maximum atomic E-state index is 4.36. The molecule has 70 valence electrons. The zero-order valence-electron chi connectivity index (χ0n) is 7.88. The van der Waals surface area contributed by atoms with Gasteiger partial charge in [0.25, 0.3) is 0 Å². The van der Waals surface area contributed by atoms with Crippen LogP contribution in [0, 0.1) is 0 Å². The van der Waals surface area contributed by atoms with Gasteiger partial charge in [-0.1, -0.05) is 18.2 Å². The second-order valence-corrected chi connectivity index (χ2v) is 3.26. The molecule has 0 aliphatic carbocycles. The Morgan fingerprint density at radius 3 is 3.13 bits per heavy atom. The molecule has 3 heteroatoms. The summed E-state index contributed by atoms with van der Waals surface area (Å²) in [6.07, 6.45) is 5.32. The van der Waals surface area contributed by atoms with Gasteiger partial charge in [-0.25, -0.2) is 0 Å². The fourth-order valence-corrected chi connectivity index (χ4v) is 1.66. The zero-order chi connectivity index (χ0) is 10.1. The van der Waals surface area contributed by atoms with Crippen molar-refractivity contribution in [1.82, 2.24) is 4.98 Å². The summed E-state index contributed by atoms with van der Waals surface area (Å²) in [6, 6.07) is 8.03. The van der Waals surface area contributed by atoms with Crippen molar-refractivity contribution in [3.05, 3.63) is 41.6 Å². The van der Waals surface area contributed by atoms with E-state index in [4.69, 9.17) is 0 Å². The highest BCUT2D eigenvalue weighted by Crippen LogP contribution is 2.20. The molecular weight excluding hydrogens is 186 g/mol. The van der Waals surface area contributed by atoms with Gasteiger partial charge in [-0.2, -0.15) is 0 Å². The fraction of sp³-hybridized carbons (Fsp3) is 0. The standard InChI is InChI=1S/C12H7N3/c1-2-10-4-3-9-5-7-14-15-8-11(9)12(10)13-6-1/h1-6,8H. The Morgan fingerprint density at radius 2 is 2.13 bits per heavy atom. The Kier molecular flexibility index (Phi) is 1.70. The molecule has 15 heavy (non-hydrogen) atoms. The van der Waals surface area contributed by atoms with Gasteiger partial charge < -0.3 is 0 Å². The van der Waals surface area contributed by atoms with E-state index in [1.807, 2.05) is 30.3 Å². The monoisotopic (exact) mass is 193 g/mol. The second kappa shape index (κ2) is 3.15. The van der Waals surface area contributed by atoms with Crippen molar-refractivity contribution in [3.8, 4) is 0 Å². The lowest BCUT2D eigenvalue weighted by atomic mass is 10.0. The van der Waals surface area contributed by atoms with E-state index in [2.05, 4.69) is 21.1 Å². The number of pyridine rings is 1. The largest absolute Gasteiger partial charge is 0.256 e. The highest BCUT2D eigenvalue weighted by atomic mass is 15.2. The van der Waals surface area contributed by atoms with E-state index in [1.54, 1.807) is 12.4 Å². The Labute approximate surface area is 86.5 Å². The molecule has 3 nitrogen and oxygen atoms in total. The van der Waals surface area contributed by atoms with Crippen molar-refractivity contribution >= 4 is 29.1 Å². The van der Waals surface area contributed by atoms with Crippen molar-refractivity contribution in [2.24, 2.45) is 10.2 Å². The van der Waals surface area contributed by atoms with Crippen molar-refractivity contribution < 1.29 is 0 Å². The number of fused-ring (bicyclic) bond motifs is 3. The van der Waals surface area contributed by atoms with E-state index in [0.717, 1.165) is 22.0 Å². The highest BCUT2D eigenvalue weighted by Gasteiger charge is 2.05. The van der Waals surface area contributed by atoms with E-state index in [-0.39, 0.29) is 0 Å². The summed E-state index contributed by atoms with van der Waals surface area (Å²) in [5.41, 5.74) is 3.00. The summed E-state index contributed by atoms with van der Waals surface area (Å²) in [5.74, 6) is 2.74. The number of benzene rings is 1. The highest BCUT2D eigenvalue weighted by molar-refractivity contribution is 6.03. The van der Waals surface area contributed by atoms with Crippen LogP contribution in [0.5, 0.6) is 0 Å². The topological polar surface area (TPSA) is 37.6 Å². The summed E-state index contributed by atoms with van der Waals surface area (Å²) in [5, 5.41) is 8.72.